The maximum atomic E-state index is 12.6. The van der Waals surface area contributed by atoms with Crippen LogP contribution in [-0.2, 0) is 17.1 Å². The lowest BCUT2D eigenvalue weighted by Crippen LogP contribution is -2.45. The first kappa shape index (κ1) is 13.8. The first-order chi connectivity index (χ1) is 8.57. The summed E-state index contributed by atoms with van der Waals surface area (Å²) in [6.07, 6.45) is 5.17. The van der Waals surface area contributed by atoms with E-state index in [1.807, 2.05) is 0 Å². The van der Waals surface area contributed by atoms with Crippen molar-refractivity contribution in [3.63, 3.8) is 0 Å². The van der Waals surface area contributed by atoms with Gasteiger partial charge in [0.1, 0.15) is 0 Å². The van der Waals surface area contributed by atoms with Gasteiger partial charge in [-0.3, -0.25) is 4.68 Å². The maximum absolute atomic E-state index is 12.6. The number of alkyl halides is 1. The van der Waals surface area contributed by atoms with E-state index < -0.39 is 10.0 Å². The standard InChI is InChI=1S/C11H18ClN3O2S/c1-14-11(6-8-13-14)18(16,17)15(9-3-7-12)10-4-2-5-10/h6,8,10H,2-5,7,9H2,1H3. The van der Waals surface area contributed by atoms with Gasteiger partial charge < -0.3 is 0 Å². The molecule has 1 aromatic heterocycles. The highest BCUT2D eigenvalue weighted by molar-refractivity contribution is 7.89. The predicted octanol–water partition coefficient (Wildman–Crippen LogP) is 1.59. The first-order valence-electron chi connectivity index (χ1n) is 6.13. The van der Waals surface area contributed by atoms with Crippen LogP contribution < -0.4 is 0 Å². The Labute approximate surface area is 113 Å². The number of hydrogen-bond acceptors (Lipinski definition) is 3. The second-order valence-corrected chi connectivity index (χ2v) is 6.75. The van der Waals surface area contributed by atoms with Crippen LogP contribution in [0.4, 0.5) is 0 Å². The summed E-state index contributed by atoms with van der Waals surface area (Å²) in [5.41, 5.74) is 0. The van der Waals surface area contributed by atoms with E-state index in [4.69, 9.17) is 11.6 Å². The minimum Gasteiger partial charge on any atom is -0.256 e. The number of rotatable bonds is 6. The van der Waals surface area contributed by atoms with Gasteiger partial charge >= 0.3 is 0 Å². The van der Waals surface area contributed by atoms with Crippen LogP contribution in [0.1, 0.15) is 25.7 Å². The van der Waals surface area contributed by atoms with Crippen molar-refractivity contribution in [2.75, 3.05) is 12.4 Å². The largest absolute Gasteiger partial charge is 0.260 e. The van der Waals surface area contributed by atoms with Crippen LogP contribution in [0.25, 0.3) is 0 Å². The van der Waals surface area contributed by atoms with Crippen molar-refractivity contribution in [3.05, 3.63) is 12.3 Å². The molecule has 0 aliphatic heterocycles. The Bertz CT molecular complexity index is 496. The Morgan fingerprint density at radius 2 is 2.28 bits per heavy atom. The number of sulfonamides is 1. The van der Waals surface area contributed by atoms with Crippen LogP contribution >= 0.6 is 11.6 Å². The number of hydrogen-bond donors (Lipinski definition) is 0. The molecule has 0 atom stereocenters. The van der Waals surface area contributed by atoms with E-state index in [1.54, 1.807) is 17.4 Å². The van der Waals surface area contributed by atoms with Crippen LogP contribution in [0.2, 0.25) is 0 Å². The molecule has 0 spiro atoms. The number of aryl methyl sites for hydroxylation is 1. The molecule has 0 unspecified atom stereocenters. The molecular formula is C11H18ClN3O2S. The zero-order chi connectivity index (χ0) is 13.2. The average Bonchev–Trinajstić information content (AvgIpc) is 2.68. The van der Waals surface area contributed by atoms with Gasteiger partial charge in [-0.25, -0.2) is 8.42 Å². The van der Waals surface area contributed by atoms with Gasteiger partial charge in [-0.15, -0.1) is 11.6 Å². The molecule has 1 fully saturated rings. The lowest BCUT2D eigenvalue weighted by molar-refractivity contribution is 0.218. The number of halogens is 1. The average molecular weight is 292 g/mol. The molecule has 1 aliphatic rings. The van der Waals surface area contributed by atoms with Crippen LogP contribution in [0.3, 0.4) is 0 Å². The van der Waals surface area contributed by atoms with Gasteiger partial charge in [-0.05, 0) is 25.3 Å². The topological polar surface area (TPSA) is 55.2 Å². The molecule has 1 aromatic rings. The maximum Gasteiger partial charge on any atom is 0.260 e. The third kappa shape index (κ3) is 2.55. The second kappa shape index (κ2) is 5.59. The van der Waals surface area contributed by atoms with Crippen LogP contribution in [0.15, 0.2) is 17.3 Å². The third-order valence-corrected chi connectivity index (χ3v) is 5.64. The van der Waals surface area contributed by atoms with Crippen molar-refractivity contribution >= 4 is 21.6 Å². The van der Waals surface area contributed by atoms with Gasteiger partial charge in [0.15, 0.2) is 5.03 Å². The summed E-state index contributed by atoms with van der Waals surface area (Å²) in [6, 6.07) is 1.68. The molecule has 2 rings (SSSR count). The molecule has 0 radical (unpaired) electrons. The van der Waals surface area contributed by atoms with Crippen LogP contribution in [-0.4, -0.2) is 41.0 Å². The fourth-order valence-corrected chi connectivity index (χ4v) is 4.07. The van der Waals surface area contributed by atoms with E-state index in [9.17, 15) is 8.42 Å². The highest BCUT2D eigenvalue weighted by Gasteiger charge is 2.35. The summed E-state index contributed by atoms with van der Waals surface area (Å²) in [7, 11) is -1.80. The smallest absolute Gasteiger partial charge is 0.256 e. The van der Waals surface area contributed by atoms with E-state index >= 15 is 0 Å². The fraction of sp³-hybridized carbons (Fsp3) is 0.727. The molecule has 102 valence electrons. The lowest BCUT2D eigenvalue weighted by Gasteiger charge is -2.36. The van der Waals surface area contributed by atoms with Gasteiger partial charge in [0, 0.05) is 25.5 Å². The van der Waals surface area contributed by atoms with E-state index in [1.165, 1.54) is 10.9 Å². The summed E-state index contributed by atoms with van der Waals surface area (Å²) >= 11 is 5.68. The Hall–Kier alpha value is -0.590. The molecule has 1 aliphatic carbocycles. The van der Waals surface area contributed by atoms with Gasteiger partial charge in [-0.1, -0.05) is 6.42 Å². The summed E-state index contributed by atoms with van der Waals surface area (Å²) < 4.78 is 28.2. The number of aromatic nitrogens is 2. The highest BCUT2D eigenvalue weighted by Crippen LogP contribution is 2.29. The van der Waals surface area contributed by atoms with Crippen LogP contribution in [0, 0.1) is 0 Å². The minimum absolute atomic E-state index is 0.133. The second-order valence-electron chi connectivity index (χ2n) is 4.54. The summed E-state index contributed by atoms with van der Waals surface area (Å²) in [5, 5.41) is 4.19. The quantitative estimate of drug-likeness (QED) is 0.748. The van der Waals surface area contributed by atoms with Crippen molar-refractivity contribution in [3.8, 4) is 0 Å². The zero-order valence-corrected chi connectivity index (χ0v) is 12.0. The Kier molecular flexibility index (Phi) is 4.29. The van der Waals surface area contributed by atoms with E-state index in [0.717, 1.165) is 19.3 Å². The third-order valence-electron chi connectivity index (χ3n) is 3.34. The summed E-state index contributed by atoms with van der Waals surface area (Å²) in [5.74, 6) is 0.476. The Morgan fingerprint density at radius 3 is 2.72 bits per heavy atom. The summed E-state index contributed by atoms with van der Waals surface area (Å²) in [6.45, 7) is 0.488. The fourth-order valence-electron chi connectivity index (χ4n) is 2.12. The molecule has 1 heterocycles. The van der Waals surface area contributed by atoms with Crippen molar-refractivity contribution < 1.29 is 8.42 Å². The molecular weight excluding hydrogens is 274 g/mol. The highest BCUT2D eigenvalue weighted by atomic mass is 35.5. The van der Waals surface area contributed by atoms with E-state index in [-0.39, 0.29) is 11.1 Å². The molecule has 5 nitrogen and oxygen atoms in total. The SMILES string of the molecule is Cn1nccc1S(=O)(=O)N(CCCCl)C1CCC1. The number of nitrogens with zero attached hydrogens (tertiary/aromatic N) is 3. The molecule has 1 saturated carbocycles. The molecule has 0 aromatic carbocycles. The monoisotopic (exact) mass is 291 g/mol. The van der Waals surface area contributed by atoms with Crippen molar-refractivity contribution in [1.29, 1.82) is 0 Å². The first-order valence-corrected chi connectivity index (χ1v) is 8.10. The van der Waals surface area contributed by atoms with Crippen molar-refractivity contribution in [2.24, 2.45) is 7.05 Å². The van der Waals surface area contributed by atoms with Crippen LogP contribution in [0.5, 0.6) is 0 Å². The Morgan fingerprint density at radius 1 is 1.56 bits per heavy atom. The van der Waals surface area contributed by atoms with Gasteiger partial charge in [0.05, 0.1) is 6.20 Å². The normalized spacial score (nSPS) is 17.1. The summed E-state index contributed by atoms with van der Waals surface area (Å²) in [4.78, 5) is 0. The molecule has 0 amide bonds. The molecule has 0 saturated heterocycles. The van der Waals surface area contributed by atoms with E-state index in [0.29, 0.717) is 18.8 Å². The van der Waals surface area contributed by atoms with Gasteiger partial charge in [0.2, 0.25) is 0 Å². The lowest BCUT2D eigenvalue weighted by atomic mass is 9.93. The molecule has 0 bridgehead atoms. The molecule has 18 heavy (non-hydrogen) atoms. The zero-order valence-electron chi connectivity index (χ0n) is 10.4. The molecule has 7 heteroatoms. The predicted molar refractivity (Wildman–Crippen MR) is 70.1 cm³/mol. The van der Waals surface area contributed by atoms with Crippen molar-refractivity contribution in [2.45, 2.75) is 36.8 Å². The van der Waals surface area contributed by atoms with E-state index in [2.05, 4.69) is 5.10 Å². The minimum atomic E-state index is -3.45. The van der Waals surface area contributed by atoms with Gasteiger partial charge in [0.25, 0.3) is 10.0 Å². The molecule has 0 N–H and O–H groups in total. The Balaban J connectivity index is 2.26. The van der Waals surface area contributed by atoms with Gasteiger partial charge in [-0.2, -0.15) is 9.40 Å². The van der Waals surface area contributed by atoms with Crippen molar-refractivity contribution in [1.82, 2.24) is 14.1 Å².